The number of nitrogens with zero attached hydrogens (tertiary/aromatic N) is 2. The van der Waals surface area contributed by atoms with Crippen LogP contribution in [0.5, 0.6) is 0 Å². The van der Waals surface area contributed by atoms with Crippen molar-refractivity contribution in [1.82, 2.24) is 15.3 Å². The van der Waals surface area contributed by atoms with Crippen LogP contribution < -0.4 is 5.32 Å². The van der Waals surface area contributed by atoms with Crippen molar-refractivity contribution in [3.8, 4) is 0 Å². The van der Waals surface area contributed by atoms with E-state index in [0.29, 0.717) is 12.8 Å². The van der Waals surface area contributed by atoms with E-state index in [2.05, 4.69) is 15.3 Å². The Hall–Kier alpha value is -1.49. The Bertz CT molecular complexity index is 434. The minimum atomic E-state index is -0.706. The Kier molecular flexibility index (Phi) is 3.38. The van der Waals surface area contributed by atoms with Gasteiger partial charge in [0.2, 0.25) is 0 Å². The van der Waals surface area contributed by atoms with E-state index in [-0.39, 0.29) is 12.0 Å². The number of hydrogen-bond acceptors (Lipinski definition) is 4. The summed E-state index contributed by atoms with van der Waals surface area (Å²) in [6.45, 7) is 4.52. The van der Waals surface area contributed by atoms with E-state index in [1.54, 1.807) is 6.20 Å². The van der Waals surface area contributed by atoms with Crippen molar-refractivity contribution in [3.05, 3.63) is 23.3 Å². The van der Waals surface area contributed by atoms with Crippen LogP contribution >= 0.6 is 0 Å². The summed E-state index contributed by atoms with van der Waals surface area (Å²) in [6.07, 6.45) is 3.11. The first-order valence-corrected chi connectivity index (χ1v) is 5.84. The number of carbonyl (C=O) groups is 1. The predicted molar refractivity (Wildman–Crippen MR) is 62.6 cm³/mol. The Morgan fingerprint density at radius 2 is 2.29 bits per heavy atom. The number of rotatable bonds is 2. The molecule has 1 aromatic heterocycles. The number of carboxylic acids is 1. The zero-order valence-corrected chi connectivity index (χ0v) is 10.1. The smallest absolute Gasteiger partial charge is 0.306 e. The molecule has 0 aromatic carbocycles. The maximum absolute atomic E-state index is 11.0. The molecule has 2 heterocycles. The van der Waals surface area contributed by atoms with Gasteiger partial charge in [0.1, 0.15) is 5.82 Å². The lowest BCUT2D eigenvalue weighted by atomic mass is 9.89. The molecule has 1 aromatic rings. The summed E-state index contributed by atoms with van der Waals surface area (Å²) in [4.78, 5) is 19.5. The molecule has 1 saturated heterocycles. The third-order valence-electron chi connectivity index (χ3n) is 3.27. The van der Waals surface area contributed by atoms with Gasteiger partial charge >= 0.3 is 5.97 Å². The van der Waals surface area contributed by atoms with E-state index in [9.17, 15) is 4.79 Å². The maximum Gasteiger partial charge on any atom is 0.306 e. The summed E-state index contributed by atoms with van der Waals surface area (Å²) >= 11 is 0. The molecule has 0 bridgehead atoms. The van der Waals surface area contributed by atoms with E-state index in [1.807, 2.05) is 13.8 Å². The highest BCUT2D eigenvalue weighted by Gasteiger charge is 2.28. The molecule has 1 aliphatic heterocycles. The van der Waals surface area contributed by atoms with E-state index >= 15 is 0 Å². The summed E-state index contributed by atoms with van der Waals surface area (Å²) in [6, 6.07) is 0.0606. The van der Waals surface area contributed by atoms with Crippen molar-refractivity contribution < 1.29 is 9.90 Å². The zero-order valence-electron chi connectivity index (χ0n) is 10.1. The minimum absolute atomic E-state index is 0.0606. The molecule has 0 aliphatic carbocycles. The number of aromatic nitrogens is 2. The van der Waals surface area contributed by atoms with Crippen molar-refractivity contribution in [3.63, 3.8) is 0 Å². The second-order valence-corrected chi connectivity index (χ2v) is 4.52. The molecule has 2 atom stereocenters. The van der Waals surface area contributed by atoms with Gasteiger partial charge in [-0.05, 0) is 33.2 Å². The van der Waals surface area contributed by atoms with Crippen LogP contribution in [-0.2, 0) is 4.79 Å². The summed E-state index contributed by atoms with van der Waals surface area (Å²) < 4.78 is 0. The van der Waals surface area contributed by atoms with Crippen molar-refractivity contribution in [2.45, 2.75) is 32.7 Å². The standard InChI is InChI=1S/C12H17N3O2/c1-7-10(6-14-8(2)15-7)11-5-9(12(16)17)3-4-13-11/h6,9,11,13H,3-5H2,1-2H3,(H,16,17). The molecule has 1 fully saturated rings. The van der Waals surface area contributed by atoms with Gasteiger partial charge in [-0.2, -0.15) is 0 Å². The molecular weight excluding hydrogens is 218 g/mol. The highest BCUT2D eigenvalue weighted by molar-refractivity contribution is 5.70. The SMILES string of the molecule is Cc1ncc(C2CC(C(=O)O)CCN2)c(C)n1. The van der Waals surface area contributed by atoms with Gasteiger partial charge in [-0.15, -0.1) is 0 Å². The average Bonchev–Trinajstić information content (AvgIpc) is 2.29. The molecule has 0 radical (unpaired) electrons. The van der Waals surface area contributed by atoms with Gasteiger partial charge in [0, 0.05) is 23.5 Å². The molecular formula is C12H17N3O2. The fourth-order valence-corrected chi connectivity index (χ4v) is 2.31. The molecule has 2 unspecified atom stereocenters. The Morgan fingerprint density at radius 3 is 2.94 bits per heavy atom. The molecule has 2 rings (SSSR count). The number of piperidine rings is 1. The quantitative estimate of drug-likeness (QED) is 0.806. The second kappa shape index (κ2) is 4.79. The van der Waals surface area contributed by atoms with Gasteiger partial charge in [-0.1, -0.05) is 0 Å². The van der Waals surface area contributed by atoms with Crippen molar-refractivity contribution in [2.24, 2.45) is 5.92 Å². The molecule has 1 aliphatic rings. The molecule has 5 heteroatoms. The van der Waals surface area contributed by atoms with E-state index < -0.39 is 5.97 Å². The van der Waals surface area contributed by atoms with Crippen molar-refractivity contribution in [2.75, 3.05) is 6.54 Å². The third kappa shape index (κ3) is 2.61. The van der Waals surface area contributed by atoms with Crippen LogP contribution in [0.4, 0.5) is 0 Å². The summed E-state index contributed by atoms with van der Waals surface area (Å²) in [5, 5.41) is 12.4. The van der Waals surface area contributed by atoms with Crippen LogP contribution in [0.25, 0.3) is 0 Å². The van der Waals surface area contributed by atoms with Crippen LogP contribution in [0.1, 0.15) is 36.0 Å². The largest absolute Gasteiger partial charge is 0.481 e. The van der Waals surface area contributed by atoms with E-state index in [1.165, 1.54) is 0 Å². The Labute approximate surface area is 100 Å². The van der Waals surface area contributed by atoms with Gasteiger partial charge in [-0.25, -0.2) is 9.97 Å². The molecule has 0 amide bonds. The molecule has 0 saturated carbocycles. The van der Waals surface area contributed by atoms with Crippen LogP contribution in [0, 0.1) is 19.8 Å². The number of aryl methyl sites for hydroxylation is 2. The lowest BCUT2D eigenvalue weighted by molar-refractivity contribution is -0.143. The fraction of sp³-hybridized carbons (Fsp3) is 0.583. The van der Waals surface area contributed by atoms with Gasteiger partial charge in [0.15, 0.2) is 0 Å². The predicted octanol–water partition coefficient (Wildman–Crippen LogP) is 1.22. The van der Waals surface area contributed by atoms with Gasteiger partial charge < -0.3 is 10.4 Å². The normalized spacial score (nSPS) is 24.6. The summed E-state index contributed by atoms with van der Waals surface area (Å²) in [5.41, 5.74) is 1.95. The van der Waals surface area contributed by atoms with E-state index in [0.717, 1.165) is 23.6 Å². The first-order valence-electron chi connectivity index (χ1n) is 5.84. The summed E-state index contributed by atoms with van der Waals surface area (Å²) in [7, 11) is 0. The average molecular weight is 235 g/mol. The number of nitrogens with one attached hydrogen (secondary N) is 1. The zero-order chi connectivity index (χ0) is 12.4. The molecule has 0 spiro atoms. The van der Waals surface area contributed by atoms with Crippen LogP contribution in [0.3, 0.4) is 0 Å². The van der Waals surface area contributed by atoms with Gasteiger partial charge in [0.25, 0.3) is 0 Å². The number of aliphatic carboxylic acids is 1. The second-order valence-electron chi connectivity index (χ2n) is 4.52. The number of carboxylic acid groups (broad SMARTS) is 1. The van der Waals surface area contributed by atoms with Crippen LogP contribution in [-0.4, -0.2) is 27.6 Å². The lowest BCUT2D eigenvalue weighted by Gasteiger charge is -2.28. The highest BCUT2D eigenvalue weighted by atomic mass is 16.4. The van der Waals surface area contributed by atoms with Crippen molar-refractivity contribution in [1.29, 1.82) is 0 Å². The van der Waals surface area contributed by atoms with Crippen molar-refractivity contribution >= 4 is 5.97 Å². The molecule has 92 valence electrons. The van der Waals surface area contributed by atoms with Gasteiger partial charge in [-0.3, -0.25) is 4.79 Å². The minimum Gasteiger partial charge on any atom is -0.481 e. The number of hydrogen-bond donors (Lipinski definition) is 2. The third-order valence-corrected chi connectivity index (χ3v) is 3.27. The summed E-state index contributed by atoms with van der Waals surface area (Å²) in [5.74, 6) is -0.221. The first-order chi connectivity index (χ1) is 8.08. The lowest BCUT2D eigenvalue weighted by Crippen LogP contribution is -2.35. The highest BCUT2D eigenvalue weighted by Crippen LogP contribution is 2.28. The monoisotopic (exact) mass is 235 g/mol. The first kappa shape index (κ1) is 12.0. The van der Waals surface area contributed by atoms with Crippen LogP contribution in [0.2, 0.25) is 0 Å². The Balaban J connectivity index is 2.19. The topological polar surface area (TPSA) is 75.1 Å². The fourth-order valence-electron chi connectivity index (χ4n) is 2.31. The van der Waals surface area contributed by atoms with Gasteiger partial charge in [0.05, 0.1) is 5.92 Å². The Morgan fingerprint density at radius 1 is 1.53 bits per heavy atom. The molecule has 5 nitrogen and oxygen atoms in total. The maximum atomic E-state index is 11.0. The molecule has 2 N–H and O–H groups in total. The van der Waals surface area contributed by atoms with Crippen LogP contribution in [0.15, 0.2) is 6.20 Å². The van der Waals surface area contributed by atoms with E-state index in [4.69, 9.17) is 5.11 Å². The molecule has 17 heavy (non-hydrogen) atoms.